The van der Waals surface area contributed by atoms with Gasteiger partial charge in [0.05, 0.1) is 10.7 Å². The van der Waals surface area contributed by atoms with Crippen LogP contribution in [-0.2, 0) is 11.3 Å². The number of non-ortho nitro benzene ring substituents is 1. The molecule has 0 spiro atoms. The van der Waals surface area contributed by atoms with Crippen molar-refractivity contribution in [1.82, 2.24) is 4.57 Å². The number of amides is 1. The van der Waals surface area contributed by atoms with Gasteiger partial charge in [0.1, 0.15) is 0 Å². The van der Waals surface area contributed by atoms with Crippen LogP contribution in [0.2, 0.25) is 0 Å². The average molecular weight is 369 g/mol. The molecule has 2 aromatic carbocycles. The molecule has 7 heteroatoms. The third-order valence-corrected chi connectivity index (χ3v) is 4.98. The minimum absolute atomic E-state index is 0.00103. The first kappa shape index (κ1) is 18.0. The highest BCUT2D eigenvalue weighted by molar-refractivity contribution is 8.00. The van der Waals surface area contributed by atoms with Gasteiger partial charge in [-0.2, -0.15) is 0 Å². The molecule has 6 nitrogen and oxygen atoms in total. The first-order chi connectivity index (χ1) is 12.6. The number of carbonyl (C=O) groups excluding carboxylic acids is 1. The van der Waals surface area contributed by atoms with Crippen molar-refractivity contribution in [2.24, 2.45) is 0 Å². The van der Waals surface area contributed by atoms with E-state index in [1.54, 1.807) is 0 Å². The number of nitro benzene ring substituents is 1. The van der Waals surface area contributed by atoms with Gasteiger partial charge in [-0.25, -0.2) is 0 Å². The maximum atomic E-state index is 12.2. The number of fused-ring (bicyclic) bond motifs is 1. The van der Waals surface area contributed by atoms with Crippen LogP contribution >= 0.6 is 11.8 Å². The number of para-hydroxylation sites is 1. The minimum Gasteiger partial charge on any atom is -0.346 e. The summed E-state index contributed by atoms with van der Waals surface area (Å²) >= 11 is 1.49. The molecule has 3 aromatic rings. The van der Waals surface area contributed by atoms with Crippen LogP contribution < -0.4 is 5.32 Å². The van der Waals surface area contributed by atoms with E-state index in [4.69, 9.17) is 0 Å². The SMILES string of the molecule is CCCn1cc(SCC(=O)Nc2ccc([N+](=O)[O-])cc2)c2ccccc21. The monoisotopic (exact) mass is 369 g/mol. The first-order valence-electron chi connectivity index (χ1n) is 8.33. The van der Waals surface area contributed by atoms with E-state index in [0.29, 0.717) is 5.69 Å². The second-order valence-electron chi connectivity index (χ2n) is 5.84. The molecular weight excluding hydrogens is 350 g/mol. The van der Waals surface area contributed by atoms with E-state index >= 15 is 0 Å². The number of thioether (sulfide) groups is 1. The summed E-state index contributed by atoms with van der Waals surface area (Å²) < 4.78 is 2.21. The van der Waals surface area contributed by atoms with Crippen LogP contribution in [0.1, 0.15) is 13.3 Å². The molecule has 3 rings (SSSR count). The van der Waals surface area contributed by atoms with Crippen LogP contribution in [0.25, 0.3) is 10.9 Å². The van der Waals surface area contributed by atoms with Gasteiger partial charge in [0.2, 0.25) is 5.91 Å². The van der Waals surface area contributed by atoms with E-state index in [9.17, 15) is 14.9 Å². The fourth-order valence-electron chi connectivity index (χ4n) is 2.76. The zero-order chi connectivity index (χ0) is 18.5. The third kappa shape index (κ3) is 4.05. The fraction of sp³-hybridized carbons (Fsp3) is 0.211. The van der Waals surface area contributed by atoms with Crippen molar-refractivity contribution in [3.8, 4) is 0 Å². The standard InChI is InChI=1S/C19H19N3O3S/c1-2-11-21-12-18(16-5-3-4-6-17(16)21)26-13-19(23)20-14-7-9-15(10-8-14)22(24)25/h3-10,12H,2,11,13H2,1H3,(H,20,23). The lowest BCUT2D eigenvalue weighted by Gasteiger charge is -2.04. The highest BCUT2D eigenvalue weighted by atomic mass is 32.2. The molecule has 26 heavy (non-hydrogen) atoms. The molecule has 0 aliphatic rings. The minimum atomic E-state index is -0.465. The van der Waals surface area contributed by atoms with Crippen LogP contribution in [0.3, 0.4) is 0 Å². The molecule has 0 saturated heterocycles. The topological polar surface area (TPSA) is 77.2 Å². The summed E-state index contributed by atoms with van der Waals surface area (Å²) in [6.45, 7) is 3.08. The van der Waals surface area contributed by atoms with Gasteiger partial charge in [0, 0.05) is 46.4 Å². The lowest BCUT2D eigenvalue weighted by molar-refractivity contribution is -0.384. The molecule has 0 aliphatic carbocycles. The van der Waals surface area contributed by atoms with Gasteiger partial charge in [-0.15, -0.1) is 11.8 Å². The number of hydrogen-bond donors (Lipinski definition) is 1. The number of aryl methyl sites for hydroxylation is 1. The molecular formula is C19H19N3O3S. The number of benzene rings is 2. The molecule has 0 radical (unpaired) electrons. The Morgan fingerprint density at radius 3 is 2.62 bits per heavy atom. The summed E-state index contributed by atoms with van der Waals surface area (Å²) in [6.07, 6.45) is 3.14. The molecule has 0 bridgehead atoms. The van der Waals surface area contributed by atoms with Gasteiger partial charge in [-0.05, 0) is 24.6 Å². The van der Waals surface area contributed by atoms with E-state index in [2.05, 4.69) is 35.1 Å². The number of carbonyl (C=O) groups is 1. The van der Waals surface area contributed by atoms with Gasteiger partial charge in [-0.3, -0.25) is 14.9 Å². The van der Waals surface area contributed by atoms with Crippen molar-refractivity contribution in [3.63, 3.8) is 0 Å². The molecule has 0 fully saturated rings. The summed E-state index contributed by atoms with van der Waals surface area (Å²) in [6, 6.07) is 14.0. The van der Waals surface area contributed by atoms with E-state index in [1.165, 1.54) is 41.5 Å². The van der Waals surface area contributed by atoms with Gasteiger partial charge < -0.3 is 9.88 Å². The number of aromatic nitrogens is 1. The Bertz CT molecular complexity index is 935. The number of nitrogens with zero attached hydrogens (tertiary/aromatic N) is 2. The van der Waals surface area contributed by atoms with E-state index in [-0.39, 0.29) is 17.3 Å². The Labute approximate surface area is 155 Å². The maximum absolute atomic E-state index is 12.2. The van der Waals surface area contributed by atoms with Gasteiger partial charge in [0.25, 0.3) is 5.69 Å². The van der Waals surface area contributed by atoms with E-state index in [1.807, 2.05) is 12.1 Å². The Morgan fingerprint density at radius 2 is 1.92 bits per heavy atom. The second-order valence-corrected chi connectivity index (χ2v) is 6.86. The smallest absolute Gasteiger partial charge is 0.269 e. The molecule has 0 atom stereocenters. The highest BCUT2D eigenvalue weighted by Gasteiger charge is 2.11. The molecule has 134 valence electrons. The number of hydrogen-bond acceptors (Lipinski definition) is 4. The average Bonchev–Trinajstić information content (AvgIpc) is 2.99. The number of anilines is 1. The Kier molecular flexibility index (Phi) is 5.58. The normalized spacial score (nSPS) is 10.8. The summed E-state index contributed by atoms with van der Waals surface area (Å²) in [5.41, 5.74) is 1.73. The molecule has 0 unspecified atom stereocenters. The lowest BCUT2D eigenvalue weighted by atomic mass is 10.2. The van der Waals surface area contributed by atoms with Crippen molar-refractivity contribution in [2.45, 2.75) is 24.8 Å². The first-order valence-corrected chi connectivity index (χ1v) is 9.32. The van der Waals surface area contributed by atoms with Gasteiger partial charge >= 0.3 is 0 Å². The third-order valence-electron chi connectivity index (χ3n) is 3.94. The molecule has 1 N–H and O–H groups in total. The van der Waals surface area contributed by atoms with Crippen LogP contribution in [0.5, 0.6) is 0 Å². The number of nitrogens with one attached hydrogen (secondary N) is 1. The predicted molar refractivity (Wildman–Crippen MR) is 105 cm³/mol. The van der Waals surface area contributed by atoms with Crippen LogP contribution in [0, 0.1) is 10.1 Å². The van der Waals surface area contributed by atoms with Gasteiger partial charge in [0.15, 0.2) is 0 Å². The molecule has 0 aliphatic heterocycles. The molecule has 1 amide bonds. The fourth-order valence-corrected chi connectivity index (χ4v) is 3.65. The molecule has 1 aromatic heterocycles. The maximum Gasteiger partial charge on any atom is 0.269 e. The van der Waals surface area contributed by atoms with E-state index in [0.717, 1.165) is 23.2 Å². The van der Waals surface area contributed by atoms with Crippen LogP contribution in [-0.4, -0.2) is 21.2 Å². The predicted octanol–water partition coefficient (Wildman–Crippen LogP) is 4.69. The summed E-state index contributed by atoms with van der Waals surface area (Å²) in [5, 5.41) is 14.6. The lowest BCUT2D eigenvalue weighted by Crippen LogP contribution is -2.13. The van der Waals surface area contributed by atoms with E-state index < -0.39 is 4.92 Å². The molecule has 0 saturated carbocycles. The zero-order valence-electron chi connectivity index (χ0n) is 14.3. The van der Waals surface area contributed by atoms with Crippen molar-refractivity contribution >= 4 is 39.9 Å². The van der Waals surface area contributed by atoms with Crippen molar-refractivity contribution in [2.75, 3.05) is 11.1 Å². The second kappa shape index (κ2) is 8.05. The van der Waals surface area contributed by atoms with Crippen molar-refractivity contribution in [3.05, 3.63) is 64.8 Å². The number of nitro groups is 1. The zero-order valence-corrected chi connectivity index (χ0v) is 15.2. The Balaban J connectivity index is 1.66. The summed E-state index contributed by atoms with van der Waals surface area (Å²) in [4.78, 5) is 23.5. The van der Waals surface area contributed by atoms with Crippen molar-refractivity contribution < 1.29 is 9.72 Å². The van der Waals surface area contributed by atoms with Gasteiger partial charge in [-0.1, -0.05) is 25.1 Å². The van der Waals surface area contributed by atoms with Crippen LogP contribution in [0.15, 0.2) is 59.6 Å². The quantitative estimate of drug-likeness (QED) is 0.372. The summed E-state index contributed by atoms with van der Waals surface area (Å²) in [7, 11) is 0. The van der Waals surface area contributed by atoms with Crippen LogP contribution in [0.4, 0.5) is 11.4 Å². The largest absolute Gasteiger partial charge is 0.346 e. The highest BCUT2D eigenvalue weighted by Crippen LogP contribution is 2.30. The Hall–Kier alpha value is -2.80. The summed E-state index contributed by atoms with van der Waals surface area (Å²) in [5.74, 6) is 0.132. The number of rotatable bonds is 7. The van der Waals surface area contributed by atoms with Crippen molar-refractivity contribution in [1.29, 1.82) is 0 Å². The Morgan fingerprint density at radius 1 is 1.19 bits per heavy atom. The molecule has 1 heterocycles.